The van der Waals surface area contributed by atoms with Crippen molar-refractivity contribution < 1.29 is 9.84 Å². The molecule has 4 heteroatoms. The maximum absolute atomic E-state index is 10.7. The number of rotatable bonds is 4. The molecule has 1 saturated carbocycles. The molecule has 0 aliphatic heterocycles. The molecule has 2 nitrogen and oxygen atoms in total. The van der Waals surface area contributed by atoms with Crippen molar-refractivity contribution in [3.8, 4) is 0 Å². The summed E-state index contributed by atoms with van der Waals surface area (Å²) in [5.41, 5.74) is 0.591. The smallest absolute Gasteiger partial charge is 0.110 e. The Morgan fingerprint density at radius 2 is 2.17 bits per heavy atom. The van der Waals surface area contributed by atoms with Crippen LogP contribution >= 0.6 is 27.3 Å². The van der Waals surface area contributed by atoms with E-state index in [2.05, 4.69) is 22.9 Å². The van der Waals surface area contributed by atoms with Gasteiger partial charge in [-0.05, 0) is 59.8 Å². The van der Waals surface area contributed by atoms with Crippen LogP contribution in [0.5, 0.6) is 0 Å². The summed E-state index contributed by atoms with van der Waals surface area (Å²) in [6.07, 6.45) is 3.65. The maximum Gasteiger partial charge on any atom is 0.110 e. The van der Waals surface area contributed by atoms with Crippen LogP contribution in [0.2, 0.25) is 0 Å². The molecule has 1 unspecified atom stereocenters. The summed E-state index contributed by atoms with van der Waals surface area (Å²) in [7, 11) is 0. The summed E-state index contributed by atoms with van der Waals surface area (Å²) in [5.74, 6) is 0.747. The summed E-state index contributed by atoms with van der Waals surface area (Å²) in [6, 6.07) is 0. The highest BCUT2D eigenvalue weighted by atomic mass is 79.9. The lowest BCUT2D eigenvalue weighted by Gasteiger charge is -2.42. The van der Waals surface area contributed by atoms with Gasteiger partial charge in [-0.25, -0.2) is 0 Å². The van der Waals surface area contributed by atoms with E-state index >= 15 is 0 Å². The van der Waals surface area contributed by atoms with E-state index in [0.29, 0.717) is 6.61 Å². The van der Waals surface area contributed by atoms with Crippen molar-refractivity contribution in [2.75, 3.05) is 6.61 Å². The predicted molar refractivity (Wildman–Crippen MR) is 79.0 cm³/mol. The molecule has 1 atom stereocenters. The van der Waals surface area contributed by atoms with Crippen molar-refractivity contribution in [1.29, 1.82) is 0 Å². The molecule has 1 aromatic rings. The van der Waals surface area contributed by atoms with Gasteiger partial charge >= 0.3 is 0 Å². The lowest BCUT2D eigenvalue weighted by molar-refractivity contribution is -0.146. The minimum atomic E-state index is -0.523. The zero-order valence-electron chi connectivity index (χ0n) is 11.0. The quantitative estimate of drug-likeness (QED) is 0.877. The van der Waals surface area contributed by atoms with Crippen LogP contribution in [0.1, 0.15) is 51.2 Å². The van der Waals surface area contributed by atoms with Crippen molar-refractivity contribution in [2.45, 2.75) is 51.2 Å². The van der Waals surface area contributed by atoms with Gasteiger partial charge in [0.1, 0.15) is 6.10 Å². The molecule has 0 spiro atoms. The summed E-state index contributed by atoms with van der Waals surface area (Å²) in [4.78, 5) is 0. The summed E-state index contributed by atoms with van der Waals surface area (Å²) < 4.78 is 6.99. The van der Waals surface area contributed by atoms with E-state index in [1.165, 1.54) is 0 Å². The van der Waals surface area contributed by atoms with Gasteiger partial charge in [0.2, 0.25) is 0 Å². The summed E-state index contributed by atoms with van der Waals surface area (Å²) in [6.45, 7) is 4.95. The largest absolute Gasteiger partial charge is 0.385 e. The zero-order valence-corrected chi connectivity index (χ0v) is 13.4. The van der Waals surface area contributed by atoms with Crippen LogP contribution in [-0.2, 0) is 4.74 Å². The highest BCUT2D eigenvalue weighted by Crippen LogP contribution is 2.45. The van der Waals surface area contributed by atoms with Crippen LogP contribution < -0.4 is 0 Å². The number of hydrogen-bond acceptors (Lipinski definition) is 3. The predicted octanol–water partition coefficient (Wildman–Crippen LogP) is 4.53. The van der Waals surface area contributed by atoms with Gasteiger partial charge in [0.15, 0.2) is 0 Å². The molecule has 1 N–H and O–H groups in total. The fraction of sp³-hybridized carbons (Fsp3) is 0.714. The van der Waals surface area contributed by atoms with Gasteiger partial charge in [-0.15, -0.1) is 0 Å². The summed E-state index contributed by atoms with van der Waals surface area (Å²) >= 11 is 5.13. The van der Waals surface area contributed by atoms with Crippen LogP contribution in [0.3, 0.4) is 0 Å². The third-order valence-electron chi connectivity index (χ3n) is 3.99. The second-order valence-electron chi connectivity index (χ2n) is 5.26. The third-order valence-corrected chi connectivity index (χ3v) is 5.74. The van der Waals surface area contributed by atoms with E-state index in [0.717, 1.165) is 41.6 Å². The molecule has 102 valence electrons. The average Bonchev–Trinajstić information content (AvgIpc) is 2.78. The van der Waals surface area contributed by atoms with Crippen molar-refractivity contribution in [3.63, 3.8) is 0 Å². The van der Waals surface area contributed by atoms with Gasteiger partial charge < -0.3 is 9.84 Å². The minimum Gasteiger partial charge on any atom is -0.385 e. The highest BCUT2D eigenvalue weighted by Gasteiger charge is 2.42. The van der Waals surface area contributed by atoms with Crippen LogP contribution in [0.25, 0.3) is 0 Å². The molecule has 1 aliphatic carbocycles. The van der Waals surface area contributed by atoms with E-state index in [9.17, 15) is 5.11 Å². The van der Waals surface area contributed by atoms with Crippen molar-refractivity contribution in [1.82, 2.24) is 0 Å². The number of thiophene rings is 1. The molecule has 1 aromatic heterocycles. The molecular weight excluding hydrogens is 312 g/mol. The molecular formula is C14H21BrO2S. The SMILES string of the molecule is CCOC1(C(O)c2cscc2Br)CCC(C)CC1. The number of aliphatic hydroxyl groups is 1. The molecule has 1 fully saturated rings. The van der Waals surface area contributed by atoms with Crippen molar-refractivity contribution in [3.05, 3.63) is 20.8 Å². The fourth-order valence-corrected chi connectivity index (χ4v) is 4.34. The highest BCUT2D eigenvalue weighted by molar-refractivity contribution is 9.10. The second-order valence-corrected chi connectivity index (χ2v) is 6.86. The first kappa shape index (κ1) is 14.5. The molecule has 0 radical (unpaired) electrons. The Balaban J connectivity index is 2.22. The molecule has 18 heavy (non-hydrogen) atoms. The number of ether oxygens (including phenoxy) is 1. The molecule has 1 heterocycles. The first-order valence-corrected chi connectivity index (χ1v) is 8.36. The minimum absolute atomic E-state index is 0.384. The monoisotopic (exact) mass is 332 g/mol. The Hall–Kier alpha value is 0.100. The molecule has 1 aliphatic rings. The molecule has 0 aromatic carbocycles. The first-order valence-electron chi connectivity index (χ1n) is 6.62. The molecule has 0 saturated heterocycles. The Bertz CT molecular complexity index is 383. The standard InChI is InChI=1S/C14H21BrO2S/c1-3-17-14(6-4-10(2)5-7-14)13(16)11-8-18-9-12(11)15/h8-10,13,16H,3-7H2,1-2H3. The van der Waals surface area contributed by atoms with Gasteiger partial charge in [-0.3, -0.25) is 0 Å². The Morgan fingerprint density at radius 3 is 2.67 bits per heavy atom. The average molecular weight is 333 g/mol. The Morgan fingerprint density at radius 1 is 1.50 bits per heavy atom. The van der Waals surface area contributed by atoms with Crippen LogP contribution in [-0.4, -0.2) is 17.3 Å². The van der Waals surface area contributed by atoms with Gasteiger partial charge in [0, 0.05) is 22.0 Å². The third kappa shape index (κ3) is 2.82. The van der Waals surface area contributed by atoms with Gasteiger partial charge in [-0.2, -0.15) is 11.3 Å². The van der Waals surface area contributed by atoms with E-state index in [1.807, 2.05) is 17.7 Å². The van der Waals surface area contributed by atoms with E-state index in [1.54, 1.807) is 11.3 Å². The molecule has 2 rings (SSSR count). The van der Waals surface area contributed by atoms with Crippen LogP contribution in [0.15, 0.2) is 15.2 Å². The first-order chi connectivity index (χ1) is 8.59. The van der Waals surface area contributed by atoms with Gasteiger partial charge in [0.05, 0.1) is 5.60 Å². The Kier molecular flexibility index (Phi) is 4.86. The lowest BCUT2D eigenvalue weighted by Crippen LogP contribution is -2.42. The number of hydrogen-bond donors (Lipinski definition) is 1. The van der Waals surface area contributed by atoms with Crippen molar-refractivity contribution in [2.24, 2.45) is 5.92 Å². The van der Waals surface area contributed by atoms with E-state index < -0.39 is 6.10 Å². The fourth-order valence-electron chi connectivity index (χ4n) is 2.80. The van der Waals surface area contributed by atoms with E-state index in [-0.39, 0.29) is 5.60 Å². The topological polar surface area (TPSA) is 29.5 Å². The van der Waals surface area contributed by atoms with Crippen molar-refractivity contribution >= 4 is 27.3 Å². The maximum atomic E-state index is 10.7. The lowest BCUT2D eigenvalue weighted by atomic mass is 9.75. The van der Waals surface area contributed by atoms with Crippen LogP contribution in [0, 0.1) is 5.92 Å². The molecule has 0 bridgehead atoms. The zero-order chi connectivity index (χ0) is 13.2. The summed E-state index contributed by atoms with van der Waals surface area (Å²) in [5, 5.41) is 14.8. The molecule has 0 amide bonds. The second kappa shape index (κ2) is 6.04. The van der Waals surface area contributed by atoms with Gasteiger partial charge in [-0.1, -0.05) is 6.92 Å². The number of halogens is 1. The number of aliphatic hydroxyl groups excluding tert-OH is 1. The Labute approximate surface area is 121 Å². The van der Waals surface area contributed by atoms with Gasteiger partial charge in [0.25, 0.3) is 0 Å². The van der Waals surface area contributed by atoms with E-state index in [4.69, 9.17) is 4.74 Å². The normalized spacial score (nSPS) is 30.3. The van der Waals surface area contributed by atoms with Crippen LogP contribution in [0.4, 0.5) is 0 Å².